The highest BCUT2D eigenvalue weighted by Crippen LogP contribution is 2.19. The van der Waals surface area contributed by atoms with Crippen LogP contribution >= 0.6 is 0 Å². The summed E-state index contributed by atoms with van der Waals surface area (Å²) in [5, 5.41) is 0.477. The Hall–Kier alpha value is -1.59. The normalized spacial score (nSPS) is 16.3. The molecule has 96 valence electrons. The van der Waals surface area contributed by atoms with E-state index in [9.17, 15) is 14.4 Å². The fourth-order valence-electron chi connectivity index (χ4n) is 1.63. The van der Waals surface area contributed by atoms with Crippen LogP contribution in [0.15, 0.2) is 0 Å². The maximum Gasteiger partial charge on any atom is 0.534 e. The third-order valence-electron chi connectivity index (χ3n) is 2.38. The Labute approximate surface area is 99.8 Å². The molecule has 1 heterocycles. The molecule has 0 aliphatic carbocycles. The number of carbonyl (C=O) groups is 3. The highest BCUT2D eigenvalue weighted by molar-refractivity contribution is 6.01. The van der Waals surface area contributed by atoms with Gasteiger partial charge in [0.1, 0.15) is 5.60 Å². The van der Waals surface area contributed by atoms with E-state index in [2.05, 4.69) is 4.84 Å². The van der Waals surface area contributed by atoms with Crippen LogP contribution < -0.4 is 0 Å². The van der Waals surface area contributed by atoms with Crippen LogP contribution in [0.3, 0.4) is 0 Å². The zero-order valence-electron chi connectivity index (χ0n) is 10.3. The van der Waals surface area contributed by atoms with Crippen molar-refractivity contribution in [3.8, 4) is 0 Å². The van der Waals surface area contributed by atoms with Crippen molar-refractivity contribution in [2.24, 2.45) is 0 Å². The van der Waals surface area contributed by atoms with Gasteiger partial charge in [0.15, 0.2) is 0 Å². The smallest absolute Gasteiger partial charge is 0.427 e. The lowest BCUT2D eigenvalue weighted by Gasteiger charge is -2.24. The minimum absolute atomic E-state index is 0.0739. The highest BCUT2D eigenvalue weighted by Gasteiger charge is 2.34. The number of hydrogen-bond donors (Lipinski definition) is 0. The second-order valence-electron chi connectivity index (χ2n) is 4.53. The van der Waals surface area contributed by atoms with Gasteiger partial charge in [-0.1, -0.05) is 18.4 Å². The minimum Gasteiger partial charge on any atom is -0.427 e. The van der Waals surface area contributed by atoms with Crippen LogP contribution in [0.5, 0.6) is 0 Å². The number of ether oxygens (including phenoxy) is 1. The fourth-order valence-corrected chi connectivity index (χ4v) is 1.63. The molecule has 1 saturated heterocycles. The van der Waals surface area contributed by atoms with E-state index in [4.69, 9.17) is 4.74 Å². The monoisotopic (exact) mass is 243 g/mol. The van der Waals surface area contributed by atoms with Crippen molar-refractivity contribution in [1.29, 1.82) is 0 Å². The van der Waals surface area contributed by atoms with Crippen molar-refractivity contribution in [2.45, 2.75) is 52.1 Å². The molecule has 0 aromatic heterocycles. The van der Waals surface area contributed by atoms with Crippen molar-refractivity contribution >= 4 is 18.0 Å². The van der Waals surface area contributed by atoms with Crippen molar-refractivity contribution < 1.29 is 24.0 Å². The first-order valence-electron chi connectivity index (χ1n) is 5.62. The molecule has 0 saturated carbocycles. The second-order valence-corrected chi connectivity index (χ2v) is 4.53. The summed E-state index contributed by atoms with van der Waals surface area (Å²) in [5.41, 5.74) is -0.669. The third kappa shape index (κ3) is 3.72. The number of amides is 2. The Morgan fingerprint density at radius 1 is 1.29 bits per heavy atom. The molecule has 6 nitrogen and oxygen atoms in total. The van der Waals surface area contributed by atoms with Gasteiger partial charge in [-0.2, -0.15) is 0 Å². The SMILES string of the molecule is CCCC(C)(C)OC(=O)ON1C(=O)CCC1=O. The quantitative estimate of drug-likeness (QED) is 0.556. The molecule has 0 N–H and O–H groups in total. The van der Waals surface area contributed by atoms with Crippen LogP contribution in [-0.4, -0.2) is 28.6 Å². The topological polar surface area (TPSA) is 72.9 Å². The molecule has 6 heteroatoms. The molecule has 0 atom stereocenters. The molecule has 0 bridgehead atoms. The van der Waals surface area contributed by atoms with Gasteiger partial charge in [0, 0.05) is 12.8 Å². The van der Waals surface area contributed by atoms with E-state index in [1.54, 1.807) is 13.8 Å². The lowest BCUT2D eigenvalue weighted by molar-refractivity contribution is -0.181. The van der Waals surface area contributed by atoms with Crippen molar-refractivity contribution in [1.82, 2.24) is 5.06 Å². The Kier molecular flexibility index (Phi) is 4.09. The summed E-state index contributed by atoms with van der Waals surface area (Å²) >= 11 is 0. The molecule has 1 aliphatic rings. The van der Waals surface area contributed by atoms with Crippen LogP contribution in [-0.2, 0) is 19.2 Å². The van der Waals surface area contributed by atoms with Crippen LogP contribution in [0.25, 0.3) is 0 Å². The van der Waals surface area contributed by atoms with Gasteiger partial charge in [-0.15, -0.1) is 0 Å². The maximum atomic E-state index is 11.4. The molecule has 0 unspecified atom stereocenters. The summed E-state index contributed by atoms with van der Waals surface area (Å²) in [6, 6.07) is 0. The Morgan fingerprint density at radius 3 is 2.29 bits per heavy atom. The van der Waals surface area contributed by atoms with E-state index in [0.29, 0.717) is 11.5 Å². The number of hydroxylamine groups is 2. The lowest BCUT2D eigenvalue weighted by Crippen LogP contribution is -2.36. The first-order valence-corrected chi connectivity index (χ1v) is 5.62. The molecule has 1 aliphatic heterocycles. The molecule has 1 fully saturated rings. The largest absolute Gasteiger partial charge is 0.534 e. The molecule has 0 spiro atoms. The average Bonchev–Trinajstić information content (AvgIpc) is 2.48. The zero-order chi connectivity index (χ0) is 13.1. The van der Waals surface area contributed by atoms with E-state index in [-0.39, 0.29) is 12.8 Å². The first kappa shape index (κ1) is 13.5. The number of hydrogen-bond acceptors (Lipinski definition) is 5. The summed E-state index contributed by atoms with van der Waals surface area (Å²) in [4.78, 5) is 38.3. The molecule has 2 amide bonds. The van der Waals surface area contributed by atoms with Gasteiger partial charge in [-0.05, 0) is 20.3 Å². The van der Waals surface area contributed by atoms with Crippen molar-refractivity contribution in [2.75, 3.05) is 0 Å². The third-order valence-corrected chi connectivity index (χ3v) is 2.38. The van der Waals surface area contributed by atoms with Crippen LogP contribution in [0, 0.1) is 0 Å². The van der Waals surface area contributed by atoms with Crippen LogP contribution in [0.1, 0.15) is 46.5 Å². The Bertz CT molecular complexity index is 321. The van der Waals surface area contributed by atoms with E-state index in [0.717, 1.165) is 6.42 Å². The molecular formula is C11H17NO5. The van der Waals surface area contributed by atoms with Gasteiger partial charge < -0.3 is 4.74 Å². The van der Waals surface area contributed by atoms with Gasteiger partial charge in [0.05, 0.1) is 0 Å². The van der Waals surface area contributed by atoms with E-state index in [1.165, 1.54) is 0 Å². The highest BCUT2D eigenvalue weighted by atomic mass is 16.8. The van der Waals surface area contributed by atoms with Gasteiger partial charge >= 0.3 is 6.16 Å². The van der Waals surface area contributed by atoms with Gasteiger partial charge in [-0.25, -0.2) is 4.79 Å². The zero-order valence-corrected chi connectivity index (χ0v) is 10.3. The minimum atomic E-state index is -1.02. The summed E-state index contributed by atoms with van der Waals surface area (Å²) in [6.45, 7) is 5.45. The molecule has 1 rings (SSSR count). The standard InChI is InChI=1S/C11H17NO5/c1-4-7-11(2,3)16-10(15)17-12-8(13)5-6-9(12)14/h4-7H2,1-3H3. The van der Waals surface area contributed by atoms with Crippen LogP contribution in [0.4, 0.5) is 4.79 Å². The molecule has 17 heavy (non-hydrogen) atoms. The Balaban J connectivity index is 2.49. The number of nitrogens with zero attached hydrogens (tertiary/aromatic N) is 1. The summed E-state index contributed by atoms with van der Waals surface area (Å²) in [7, 11) is 0. The van der Waals surface area contributed by atoms with Gasteiger partial charge in [0.2, 0.25) is 0 Å². The molecule has 0 aromatic carbocycles. The summed E-state index contributed by atoms with van der Waals surface area (Å²) < 4.78 is 5.03. The predicted molar refractivity (Wildman–Crippen MR) is 57.6 cm³/mol. The van der Waals surface area contributed by atoms with Gasteiger partial charge in [0.25, 0.3) is 11.8 Å². The molecule has 0 aromatic rings. The van der Waals surface area contributed by atoms with Gasteiger partial charge in [-0.3, -0.25) is 14.4 Å². The number of imide groups is 1. The fraction of sp³-hybridized carbons (Fsp3) is 0.727. The van der Waals surface area contributed by atoms with E-state index < -0.39 is 23.6 Å². The summed E-state index contributed by atoms with van der Waals surface area (Å²) in [5.74, 6) is -1.03. The summed E-state index contributed by atoms with van der Waals surface area (Å²) in [6.07, 6.45) is 0.646. The number of rotatable bonds is 4. The van der Waals surface area contributed by atoms with Crippen molar-refractivity contribution in [3.63, 3.8) is 0 Å². The van der Waals surface area contributed by atoms with E-state index >= 15 is 0 Å². The van der Waals surface area contributed by atoms with Crippen molar-refractivity contribution in [3.05, 3.63) is 0 Å². The predicted octanol–water partition coefficient (Wildman–Crippen LogP) is 1.78. The molecular weight excluding hydrogens is 226 g/mol. The average molecular weight is 243 g/mol. The number of carbonyl (C=O) groups excluding carboxylic acids is 3. The van der Waals surface area contributed by atoms with E-state index in [1.807, 2.05) is 6.92 Å². The second kappa shape index (κ2) is 5.16. The van der Waals surface area contributed by atoms with Crippen LogP contribution in [0.2, 0.25) is 0 Å². The molecule has 0 radical (unpaired) electrons. The maximum absolute atomic E-state index is 11.4. The lowest BCUT2D eigenvalue weighted by atomic mass is 10.0. The first-order chi connectivity index (χ1) is 7.85. The Morgan fingerprint density at radius 2 is 1.82 bits per heavy atom.